The smallest absolute Gasteiger partial charge is 0.444 e. The van der Waals surface area contributed by atoms with E-state index in [1.165, 1.54) is 0 Å². The lowest BCUT2D eigenvalue weighted by Gasteiger charge is -2.19. The molecule has 1 unspecified atom stereocenters. The number of benzene rings is 1. The Hall–Kier alpha value is -2.24. The van der Waals surface area contributed by atoms with Crippen molar-refractivity contribution in [3.8, 4) is 5.75 Å². The van der Waals surface area contributed by atoms with Gasteiger partial charge in [-0.05, 0) is 46.6 Å². The summed E-state index contributed by atoms with van der Waals surface area (Å²) in [4.78, 5) is 23.7. The van der Waals surface area contributed by atoms with Gasteiger partial charge in [0.2, 0.25) is 0 Å². The van der Waals surface area contributed by atoms with Crippen LogP contribution in [0.15, 0.2) is 24.3 Å². The molecule has 3 atom stereocenters. The van der Waals surface area contributed by atoms with Crippen LogP contribution in [0.1, 0.15) is 58.9 Å². The Morgan fingerprint density at radius 2 is 1.96 bits per heavy atom. The molecule has 25 heavy (non-hydrogen) atoms. The maximum absolute atomic E-state index is 11.9. The number of ether oxygens (including phenoxy) is 3. The number of hydrogen-bond acceptors (Lipinski definition) is 5. The predicted octanol–water partition coefficient (Wildman–Crippen LogP) is 4.38. The van der Waals surface area contributed by atoms with Gasteiger partial charge in [0.15, 0.2) is 0 Å². The van der Waals surface area contributed by atoms with Crippen LogP contribution in [0.25, 0.3) is 0 Å². The van der Waals surface area contributed by atoms with Gasteiger partial charge in [0.05, 0.1) is 0 Å². The number of rotatable bonds is 5. The molecule has 138 valence electrons. The van der Waals surface area contributed by atoms with Gasteiger partial charge in [-0.2, -0.15) is 0 Å². The molecule has 0 bridgehead atoms. The average Bonchev–Trinajstić information content (AvgIpc) is 3.24. The third-order valence-electron chi connectivity index (χ3n) is 3.88. The van der Waals surface area contributed by atoms with Crippen molar-refractivity contribution in [1.29, 1.82) is 0 Å². The average molecular weight is 349 g/mol. The highest BCUT2D eigenvalue weighted by atomic mass is 16.7. The van der Waals surface area contributed by atoms with Gasteiger partial charge in [-0.25, -0.2) is 9.59 Å². The van der Waals surface area contributed by atoms with Crippen LogP contribution in [0.5, 0.6) is 5.75 Å². The van der Waals surface area contributed by atoms with Gasteiger partial charge in [0.1, 0.15) is 17.5 Å². The SMILES string of the molecule is CCC(C)OC(=O)Oc1ccccc1[C@@H]1C[C@H]1NC(=O)OC(C)(C)C. The molecule has 1 aromatic carbocycles. The van der Waals surface area contributed by atoms with Crippen molar-refractivity contribution in [2.24, 2.45) is 0 Å². The molecule has 1 fully saturated rings. The van der Waals surface area contributed by atoms with E-state index in [1.807, 2.05) is 46.8 Å². The van der Waals surface area contributed by atoms with Crippen molar-refractivity contribution in [2.45, 2.75) is 71.1 Å². The van der Waals surface area contributed by atoms with E-state index < -0.39 is 17.8 Å². The fraction of sp³-hybridized carbons (Fsp3) is 0.579. The minimum absolute atomic E-state index is 0.0230. The van der Waals surface area contributed by atoms with Gasteiger partial charge in [0.25, 0.3) is 0 Å². The maximum Gasteiger partial charge on any atom is 0.514 e. The first-order chi connectivity index (χ1) is 11.7. The molecule has 1 amide bonds. The summed E-state index contributed by atoms with van der Waals surface area (Å²) >= 11 is 0. The summed E-state index contributed by atoms with van der Waals surface area (Å²) in [5.41, 5.74) is 0.347. The highest BCUT2D eigenvalue weighted by molar-refractivity contribution is 5.69. The van der Waals surface area contributed by atoms with Crippen LogP contribution in [0, 0.1) is 0 Å². The van der Waals surface area contributed by atoms with Crippen LogP contribution in [-0.2, 0) is 9.47 Å². The van der Waals surface area contributed by atoms with E-state index in [0.717, 1.165) is 18.4 Å². The van der Waals surface area contributed by atoms with Crippen LogP contribution in [-0.4, -0.2) is 30.0 Å². The van der Waals surface area contributed by atoms with Crippen LogP contribution in [0.3, 0.4) is 0 Å². The molecule has 0 spiro atoms. The monoisotopic (exact) mass is 349 g/mol. The second-order valence-electron chi connectivity index (χ2n) is 7.32. The third kappa shape index (κ3) is 5.96. The molecule has 0 heterocycles. The number of carbonyl (C=O) groups excluding carboxylic acids is 2. The normalized spacial score (nSPS) is 20.4. The molecular formula is C19H27NO5. The van der Waals surface area contributed by atoms with E-state index in [9.17, 15) is 9.59 Å². The Morgan fingerprint density at radius 1 is 1.28 bits per heavy atom. The van der Waals surface area contributed by atoms with Crippen molar-refractivity contribution in [1.82, 2.24) is 5.32 Å². The summed E-state index contributed by atoms with van der Waals surface area (Å²) in [5, 5.41) is 2.85. The highest BCUT2D eigenvalue weighted by Crippen LogP contribution is 2.44. The van der Waals surface area contributed by atoms with Crippen molar-refractivity contribution >= 4 is 12.2 Å². The Labute approximate surface area is 148 Å². The van der Waals surface area contributed by atoms with E-state index in [1.54, 1.807) is 12.1 Å². The second kappa shape index (κ2) is 7.76. The summed E-state index contributed by atoms with van der Waals surface area (Å²) in [6.07, 6.45) is 0.164. The lowest BCUT2D eigenvalue weighted by atomic mass is 10.1. The molecule has 6 nitrogen and oxygen atoms in total. The lowest BCUT2D eigenvalue weighted by molar-refractivity contribution is 0.0520. The number of hydrogen-bond donors (Lipinski definition) is 1. The van der Waals surface area contributed by atoms with Crippen LogP contribution >= 0.6 is 0 Å². The zero-order chi connectivity index (χ0) is 18.6. The predicted molar refractivity (Wildman–Crippen MR) is 93.8 cm³/mol. The number of alkyl carbamates (subject to hydrolysis) is 1. The molecule has 6 heteroatoms. The molecule has 1 aromatic rings. The summed E-state index contributed by atoms with van der Waals surface area (Å²) in [7, 11) is 0. The maximum atomic E-state index is 11.9. The molecule has 1 saturated carbocycles. The van der Waals surface area contributed by atoms with Crippen molar-refractivity contribution < 1.29 is 23.8 Å². The van der Waals surface area contributed by atoms with Crippen LogP contribution in [0.2, 0.25) is 0 Å². The summed E-state index contributed by atoms with van der Waals surface area (Å²) < 4.78 is 15.8. The number of nitrogens with one attached hydrogen (secondary N) is 1. The van der Waals surface area contributed by atoms with E-state index >= 15 is 0 Å². The standard InChI is InChI=1S/C19H27NO5/c1-6-12(2)23-18(22)24-16-10-8-7-9-13(16)14-11-15(14)20-17(21)25-19(3,4)5/h7-10,12,14-15H,6,11H2,1-5H3,(H,20,21)/t12?,14-,15+/m0/s1. The first-order valence-electron chi connectivity index (χ1n) is 8.66. The summed E-state index contributed by atoms with van der Waals surface area (Å²) in [6.45, 7) is 9.22. The van der Waals surface area contributed by atoms with E-state index in [4.69, 9.17) is 14.2 Å². The highest BCUT2D eigenvalue weighted by Gasteiger charge is 2.42. The molecule has 0 aliphatic heterocycles. The lowest BCUT2D eigenvalue weighted by Crippen LogP contribution is -2.34. The Kier molecular flexibility index (Phi) is 5.93. The molecule has 1 aliphatic carbocycles. The molecular weight excluding hydrogens is 322 g/mol. The first kappa shape index (κ1) is 19.1. The van der Waals surface area contributed by atoms with E-state index in [0.29, 0.717) is 5.75 Å². The Balaban J connectivity index is 1.95. The fourth-order valence-electron chi connectivity index (χ4n) is 2.40. The van der Waals surface area contributed by atoms with Crippen molar-refractivity contribution in [3.05, 3.63) is 29.8 Å². The van der Waals surface area contributed by atoms with Gasteiger partial charge in [-0.1, -0.05) is 25.1 Å². The van der Waals surface area contributed by atoms with Crippen LogP contribution in [0.4, 0.5) is 9.59 Å². The molecule has 2 rings (SSSR count). The minimum atomic E-state index is -0.709. The summed E-state index contributed by atoms with van der Waals surface area (Å²) in [6, 6.07) is 7.29. The molecule has 1 N–H and O–H groups in total. The summed E-state index contributed by atoms with van der Waals surface area (Å²) in [5.74, 6) is 0.564. The zero-order valence-corrected chi connectivity index (χ0v) is 15.5. The van der Waals surface area contributed by atoms with Gasteiger partial charge < -0.3 is 19.5 Å². The molecule has 1 aliphatic rings. The number of para-hydroxylation sites is 1. The first-order valence-corrected chi connectivity index (χ1v) is 8.66. The molecule has 0 aromatic heterocycles. The van der Waals surface area contributed by atoms with Gasteiger partial charge in [-0.15, -0.1) is 0 Å². The largest absolute Gasteiger partial charge is 0.514 e. The fourth-order valence-corrected chi connectivity index (χ4v) is 2.40. The zero-order valence-electron chi connectivity index (χ0n) is 15.5. The van der Waals surface area contributed by atoms with Crippen LogP contribution < -0.4 is 10.1 Å². The number of amides is 1. The third-order valence-corrected chi connectivity index (χ3v) is 3.88. The quantitative estimate of drug-likeness (QED) is 0.631. The number of carbonyl (C=O) groups is 2. The minimum Gasteiger partial charge on any atom is -0.444 e. The van der Waals surface area contributed by atoms with E-state index in [2.05, 4.69) is 5.32 Å². The Morgan fingerprint density at radius 3 is 2.60 bits per heavy atom. The van der Waals surface area contributed by atoms with Gasteiger partial charge in [-0.3, -0.25) is 0 Å². The second-order valence-corrected chi connectivity index (χ2v) is 7.32. The van der Waals surface area contributed by atoms with Gasteiger partial charge in [0, 0.05) is 17.5 Å². The van der Waals surface area contributed by atoms with E-state index in [-0.39, 0.29) is 18.1 Å². The topological polar surface area (TPSA) is 73.9 Å². The van der Waals surface area contributed by atoms with Crippen molar-refractivity contribution in [3.63, 3.8) is 0 Å². The Bertz CT molecular complexity index is 622. The van der Waals surface area contributed by atoms with Crippen molar-refractivity contribution in [2.75, 3.05) is 0 Å². The van der Waals surface area contributed by atoms with Gasteiger partial charge >= 0.3 is 12.2 Å². The molecule has 0 saturated heterocycles. The molecule has 0 radical (unpaired) electrons.